The molecule has 0 heterocycles. The molecule has 0 saturated carbocycles. The van der Waals surface area contributed by atoms with Crippen LogP contribution in [0.15, 0.2) is 0 Å². The van der Waals surface area contributed by atoms with E-state index in [2.05, 4.69) is 37.5 Å². The van der Waals surface area contributed by atoms with Gasteiger partial charge in [-0.1, -0.05) is 310 Å². The summed E-state index contributed by atoms with van der Waals surface area (Å²) in [4.78, 5) is 5.76. The lowest BCUT2D eigenvalue weighted by Crippen LogP contribution is -2.27. The van der Waals surface area contributed by atoms with Crippen LogP contribution in [0.25, 0.3) is 0 Å². The third-order valence-corrected chi connectivity index (χ3v) is 14.5. The zero-order valence-corrected chi connectivity index (χ0v) is 44.5. The molecule has 0 aliphatic rings. The molecule has 0 rings (SSSR count). The van der Waals surface area contributed by atoms with Crippen molar-refractivity contribution in [2.75, 3.05) is 39.3 Å². The van der Waals surface area contributed by atoms with Crippen LogP contribution in [0.3, 0.4) is 0 Å². The highest BCUT2D eigenvalue weighted by Crippen LogP contribution is 2.17. The quantitative estimate of drug-likeness (QED) is 0.0562. The van der Waals surface area contributed by atoms with Crippen molar-refractivity contribution in [2.24, 2.45) is 0 Å². The molecular weight excluding hydrogens is 749 g/mol. The largest absolute Gasteiger partial charge is 0.303 e. The Bertz CT molecular complexity index is 641. The third-order valence-electron chi connectivity index (χ3n) is 14.5. The van der Waals surface area contributed by atoms with Gasteiger partial charge in [0, 0.05) is 0 Å². The van der Waals surface area contributed by atoms with E-state index in [1.807, 2.05) is 0 Å². The summed E-state index contributed by atoms with van der Waals surface area (Å²) >= 11 is 0. The molecule has 374 valence electrons. The number of rotatable bonds is 57. The van der Waals surface area contributed by atoms with Gasteiger partial charge in [-0.3, -0.25) is 0 Å². The maximum absolute atomic E-state index is 2.88. The lowest BCUT2D eigenvalue weighted by Gasteiger charge is -2.22. The molecule has 2 nitrogen and oxygen atoms in total. The van der Waals surface area contributed by atoms with Crippen molar-refractivity contribution in [2.45, 2.75) is 349 Å². The van der Waals surface area contributed by atoms with Gasteiger partial charge in [0.2, 0.25) is 0 Å². The fraction of sp³-hybridized carbons (Fsp3) is 1.00. The van der Waals surface area contributed by atoms with Crippen molar-refractivity contribution < 1.29 is 0 Å². The number of hydrogen-bond donors (Lipinski definition) is 0. The van der Waals surface area contributed by atoms with Gasteiger partial charge < -0.3 is 9.80 Å². The Labute approximate surface area is 396 Å². The Morgan fingerprint density at radius 3 is 0.339 bits per heavy atom. The molecule has 0 aromatic rings. The fourth-order valence-corrected chi connectivity index (χ4v) is 10.0. The zero-order chi connectivity index (χ0) is 44.8. The second-order valence-electron chi connectivity index (χ2n) is 20.9. The molecule has 62 heavy (non-hydrogen) atoms. The van der Waals surface area contributed by atoms with Crippen molar-refractivity contribution in [3.8, 4) is 0 Å². The normalized spacial score (nSPS) is 11.9. The van der Waals surface area contributed by atoms with Gasteiger partial charge in [-0.25, -0.2) is 0 Å². The third kappa shape index (κ3) is 52.5. The molecule has 0 aromatic carbocycles. The minimum atomic E-state index is 1.37. The first kappa shape index (κ1) is 61.9. The number of hydrogen-bond acceptors (Lipinski definition) is 2. The van der Waals surface area contributed by atoms with Crippen LogP contribution in [0, 0.1) is 0 Å². The maximum atomic E-state index is 2.88. The van der Waals surface area contributed by atoms with Crippen LogP contribution in [0.1, 0.15) is 349 Å². The summed E-state index contributed by atoms with van der Waals surface area (Å²) in [6.07, 6.45) is 72.7. The summed E-state index contributed by atoms with van der Waals surface area (Å²) in [5.41, 5.74) is 0. The Balaban J connectivity index is 4.22. The van der Waals surface area contributed by atoms with Gasteiger partial charge in [-0.15, -0.1) is 0 Å². The standard InChI is InChI=1S/C60H124N2/c1-5-9-13-17-21-25-31-37-43-49-55-61(56-50-44-38-32-26-22-18-14-10-6-2)59-53-47-41-35-29-30-36-42-48-54-60-62(57-51-45-39-33-27-23-19-15-11-7-3)58-52-46-40-34-28-24-20-16-12-8-4/h5-60H2,1-4H3. The predicted octanol–water partition coefficient (Wildman–Crippen LogP) is 21.2. The molecule has 0 spiro atoms. The van der Waals surface area contributed by atoms with Crippen LogP contribution >= 0.6 is 0 Å². The Kier molecular flexibility index (Phi) is 57.0. The van der Waals surface area contributed by atoms with Crippen molar-refractivity contribution in [1.29, 1.82) is 0 Å². The van der Waals surface area contributed by atoms with Crippen LogP contribution in [-0.4, -0.2) is 49.1 Å². The Hall–Kier alpha value is -0.0800. The molecule has 0 atom stereocenters. The van der Waals surface area contributed by atoms with E-state index in [1.165, 1.54) is 360 Å². The van der Waals surface area contributed by atoms with E-state index in [1.54, 1.807) is 0 Å². The minimum absolute atomic E-state index is 1.37. The number of unbranched alkanes of at least 4 members (excludes halogenated alkanes) is 45. The van der Waals surface area contributed by atoms with Crippen LogP contribution < -0.4 is 0 Å². The second kappa shape index (κ2) is 57.0. The molecule has 0 aliphatic heterocycles. The SMILES string of the molecule is CCCCCCCCCCCCN(CCCCCCCCCCCC)CCCCCCCCCCCCN(CCCCCCCCCCCC)CCCCCCCCCCCC. The van der Waals surface area contributed by atoms with Crippen molar-refractivity contribution in [3.63, 3.8) is 0 Å². The highest BCUT2D eigenvalue weighted by Gasteiger charge is 2.07. The molecule has 0 amide bonds. The van der Waals surface area contributed by atoms with E-state index >= 15 is 0 Å². The molecule has 0 N–H and O–H groups in total. The highest BCUT2D eigenvalue weighted by molar-refractivity contribution is 4.63. The molecule has 0 radical (unpaired) electrons. The van der Waals surface area contributed by atoms with Gasteiger partial charge >= 0.3 is 0 Å². The van der Waals surface area contributed by atoms with Crippen LogP contribution in [-0.2, 0) is 0 Å². The number of nitrogens with zero attached hydrogens (tertiary/aromatic N) is 2. The summed E-state index contributed by atoms with van der Waals surface area (Å²) in [7, 11) is 0. The average molecular weight is 874 g/mol. The van der Waals surface area contributed by atoms with Gasteiger partial charge in [0.15, 0.2) is 0 Å². The topological polar surface area (TPSA) is 6.48 Å². The minimum Gasteiger partial charge on any atom is -0.303 e. The van der Waals surface area contributed by atoms with E-state index in [0.29, 0.717) is 0 Å². The van der Waals surface area contributed by atoms with E-state index in [4.69, 9.17) is 0 Å². The van der Waals surface area contributed by atoms with E-state index < -0.39 is 0 Å². The molecular formula is C60H124N2. The molecule has 0 saturated heterocycles. The predicted molar refractivity (Wildman–Crippen MR) is 286 cm³/mol. The summed E-state index contributed by atoms with van der Waals surface area (Å²) in [6, 6.07) is 0. The van der Waals surface area contributed by atoms with Gasteiger partial charge in [0.1, 0.15) is 0 Å². The molecule has 0 unspecified atom stereocenters. The summed E-state index contributed by atoms with van der Waals surface area (Å²) < 4.78 is 0. The zero-order valence-electron chi connectivity index (χ0n) is 44.5. The van der Waals surface area contributed by atoms with Gasteiger partial charge in [-0.2, -0.15) is 0 Å². The van der Waals surface area contributed by atoms with Gasteiger partial charge in [0.05, 0.1) is 0 Å². The maximum Gasteiger partial charge on any atom is -0.00187 e. The van der Waals surface area contributed by atoms with Crippen molar-refractivity contribution in [1.82, 2.24) is 9.80 Å². The summed E-state index contributed by atoms with van der Waals surface area (Å²) in [5, 5.41) is 0. The van der Waals surface area contributed by atoms with Crippen LogP contribution in [0.4, 0.5) is 0 Å². The Morgan fingerprint density at radius 2 is 0.226 bits per heavy atom. The smallest absolute Gasteiger partial charge is 0.00187 e. The summed E-state index contributed by atoms with van der Waals surface area (Å²) in [6.45, 7) is 17.5. The molecule has 0 aromatic heterocycles. The first-order valence-electron chi connectivity index (χ1n) is 30.2. The first-order valence-corrected chi connectivity index (χ1v) is 30.2. The fourth-order valence-electron chi connectivity index (χ4n) is 10.0. The Morgan fingerprint density at radius 1 is 0.129 bits per heavy atom. The van der Waals surface area contributed by atoms with Gasteiger partial charge in [0.25, 0.3) is 0 Å². The monoisotopic (exact) mass is 873 g/mol. The van der Waals surface area contributed by atoms with E-state index in [-0.39, 0.29) is 0 Å². The lowest BCUT2D eigenvalue weighted by atomic mass is 10.0. The molecule has 2 heteroatoms. The van der Waals surface area contributed by atoms with Crippen LogP contribution in [0.2, 0.25) is 0 Å². The summed E-state index contributed by atoms with van der Waals surface area (Å²) in [5.74, 6) is 0. The lowest BCUT2D eigenvalue weighted by molar-refractivity contribution is 0.253. The van der Waals surface area contributed by atoms with Crippen LogP contribution in [0.5, 0.6) is 0 Å². The van der Waals surface area contributed by atoms with Crippen molar-refractivity contribution >= 4 is 0 Å². The van der Waals surface area contributed by atoms with Crippen molar-refractivity contribution in [3.05, 3.63) is 0 Å². The van der Waals surface area contributed by atoms with Gasteiger partial charge in [-0.05, 0) is 77.8 Å². The molecule has 0 bridgehead atoms. The second-order valence-corrected chi connectivity index (χ2v) is 20.9. The molecule has 0 fully saturated rings. The average Bonchev–Trinajstić information content (AvgIpc) is 3.28. The van der Waals surface area contributed by atoms with E-state index in [9.17, 15) is 0 Å². The molecule has 0 aliphatic carbocycles. The van der Waals surface area contributed by atoms with E-state index in [0.717, 1.165) is 0 Å². The highest BCUT2D eigenvalue weighted by atomic mass is 15.1. The first-order chi connectivity index (χ1) is 30.8.